The first-order valence-electron chi connectivity index (χ1n) is 9.34. The molecule has 1 atom stereocenters. The Hall–Kier alpha value is -3.86. The van der Waals surface area contributed by atoms with Gasteiger partial charge in [-0.05, 0) is 18.2 Å². The largest absolute Gasteiger partial charge is 0.446 e. The highest BCUT2D eigenvalue weighted by Crippen LogP contribution is 2.35. The van der Waals surface area contributed by atoms with Gasteiger partial charge in [-0.25, -0.2) is 9.37 Å². The second-order valence-electron chi connectivity index (χ2n) is 7.03. The van der Waals surface area contributed by atoms with Crippen LogP contribution < -0.4 is 15.7 Å². The van der Waals surface area contributed by atoms with Crippen molar-refractivity contribution in [2.75, 3.05) is 7.11 Å². The monoisotopic (exact) mass is 487 g/mol. The van der Waals surface area contributed by atoms with E-state index in [-0.39, 0.29) is 5.57 Å². The number of nitriles is 1. The molecule has 2 aromatic rings. The Morgan fingerprint density at radius 1 is 1.26 bits per heavy atom. The van der Waals surface area contributed by atoms with Crippen LogP contribution in [-0.2, 0) is 17.5 Å². The van der Waals surface area contributed by atoms with Gasteiger partial charge in [-0.3, -0.25) is 14.8 Å². The maximum absolute atomic E-state index is 14.4. The van der Waals surface area contributed by atoms with Gasteiger partial charge in [-0.2, -0.15) is 32.3 Å². The lowest BCUT2D eigenvalue weighted by Crippen LogP contribution is -2.40. The number of alkyl halides is 5. The summed E-state index contributed by atoms with van der Waals surface area (Å²) in [6, 6.07) is 4.63. The van der Waals surface area contributed by atoms with E-state index in [2.05, 4.69) is 15.5 Å². The van der Waals surface area contributed by atoms with Gasteiger partial charge in [0.2, 0.25) is 5.75 Å². The molecule has 1 N–H and O–H groups in total. The zero-order valence-electron chi connectivity index (χ0n) is 17.5. The molecule has 0 amide bonds. The summed E-state index contributed by atoms with van der Waals surface area (Å²) in [4.78, 5) is 16.1. The molecule has 0 aliphatic carbocycles. The molecule has 0 spiro atoms. The van der Waals surface area contributed by atoms with E-state index in [1.165, 1.54) is 13.2 Å². The fraction of sp³-hybridized carbons (Fsp3) is 0.300. The minimum Gasteiger partial charge on any atom is -0.446 e. The van der Waals surface area contributed by atoms with E-state index in [1.807, 2.05) is 0 Å². The van der Waals surface area contributed by atoms with E-state index in [9.17, 15) is 31.1 Å². The zero-order chi connectivity index (χ0) is 25.3. The summed E-state index contributed by atoms with van der Waals surface area (Å²) < 4.78 is 92.9. The maximum atomic E-state index is 14.4. The van der Waals surface area contributed by atoms with Crippen molar-refractivity contribution in [3.63, 3.8) is 0 Å². The smallest absolute Gasteiger partial charge is 0.437 e. The van der Waals surface area contributed by atoms with Crippen molar-refractivity contribution < 1.29 is 35.8 Å². The van der Waals surface area contributed by atoms with Gasteiger partial charge < -0.3 is 9.47 Å². The molecule has 1 aliphatic rings. The highest BCUT2D eigenvalue weighted by atomic mass is 19.4. The topological polar surface area (TPSA) is 102 Å². The van der Waals surface area contributed by atoms with Crippen molar-refractivity contribution in [1.29, 1.82) is 5.26 Å². The lowest BCUT2D eigenvalue weighted by atomic mass is 10.1. The summed E-state index contributed by atoms with van der Waals surface area (Å²) >= 11 is 0. The molecule has 8 nitrogen and oxygen atoms in total. The summed E-state index contributed by atoms with van der Waals surface area (Å²) in [6.45, 7) is 0.0398. The second kappa shape index (κ2) is 9.18. The summed E-state index contributed by atoms with van der Waals surface area (Å²) in [5.41, 5.74) is -2.01. The highest BCUT2D eigenvalue weighted by molar-refractivity contribution is 6.01. The van der Waals surface area contributed by atoms with E-state index in [0.717, 1.165) is 24.3 Å². The Morgan fingerprint density at radius 2 is 1.97 bits per heavy atom. The van der Waals surface area contributed by atoms with Gasteiger partial charge in [-0.15, -0.1) is 0 Å². The molecule has 1 aromatic carbocycles. The van der Waals surface area contributed by atoms with Crippen LogP contribution in [0.2, 0.25) is 0 Å². The van der Waals surface area contributed by atoms with Crippen LogP contribution in [0.5, 0.6) is 11.5 Å². The standard InChI is InChI=1S/C20H15F6N5O3/c1-19(22,23)13-6-11(17(33-2)30-29-13)8-31-9-28-16(20(24,25)26)15(18(31)32)34-12-5-3-4-10(7-27)14(12)21/h3-6,9,17,30H,8H2,1-2H3. The first-order valence-corrected chi connectivity index (χ1v) is 9.34. The second-order valence-corrected chi connectivity index (χ2v) is 7.03. The van der Waals surface area contributed by atoms with E-state index in [0.29, 0.717) is 17.8 Å². The van der Waals surface area contributed by atoms with Crippen LogP contribution in [0.4, 0.5) is 26.3 Å². The van der Waals surface area contributed by atoms with Crippen LogP contribution in [0, 0.1) is 17.1 Å². The molecule has 1 unspecified atom stereocenters. The van der Waals surface area contributed by atoms with Gasteiger partial charge in [0.05, 0.1) is 18.4 Å². The van der Waals surface area contributed by atoms with Gasteiger partial charge in [0.15, 0.2) is 23.5 Å². The Balaban J connectivity index is 2.09. The molecule has 3 rings (SSSR count). The number of hydrogen-bond donors (Lipinski definition) is 1. The number of rotatable bonds is 6. The van der Waals surface area contributed by atoms with Gasteiger partial charge in [0, 0.05) is 19.6 Å². The molecule has 0 saturated carbocycles. The number of halogens is 6. The Labute approximate surface area is 187 Å². The molecule has 0 radical (unpaired) electrons. The number of aromatic nitrogens is 2. The average molecular weight is 487 g/mol. The summed E-state index contributed by atoms with van der Waals surface area (Å²) in [5, 5.41) is 12.4. The quantitative estimate of drug-likeness (QED) is 0.626. The van der Waals surface area contributed by atoms with Gasteiger partial charge >= 0.3 is 6.18 Å². The third kappa shape index (κ3) is 5.04. The van der Waals surface area contributed by atoms with Crippen LogP contribution >= 0.6 is 0 Å². The number of allylic oxidation sites excluding steroid dienone is 1. The van der Waals surface area contributed by atoms with Crippen LogP contribution in [0.25, 0.3) is 0 Å². The van der Waals surface area contributed by atoms with Crippen molar-refractivity contribution in [2.24, 2.45) is 5.10 Å². The summed E-state index contributed by atoms with van der Waals surface area (Å²) in [7, 11) is 1.21. The van der Waals surface area contributed by atoms with Crippen molar-refractivity contribution in [3.8, 4) is 17.6 Å². The van der Waals surface area contributed by atoms with E-state index >= 15 is 0 Å². The van der Waals surface area contributed by atoms with Crippen molar-refractivity contribution in [2.45, 2.75) is 31.8 Å². The fourth-order valence-electron chi connectivity index (χ4n) is 2.91. The first-order chi connectivity index (χ1) is 15.9. The third-order valence-corrected chi connectivity index (χ3v) is 4.56. The Bertz CT molecular complexity index is 1260. The molecule has 0 fully saturated rings. The molecule has 180 valence electrons. The number of ether oxygens (including phenoxy) is 2. The van der Waals surface area contributed by atoms with Crippen LogP contribution in [-0.4, -0.2) is 34.5 Å². The molecule has 34 heavy (non-hydrogen) atoms. The van der Waals surface area contributed by atoms with E-state index in [4.69, 9.17) is 14.7 Å². The Kier molecular flexibility index (Phi) is 6.69. The van der Waals surface area contributed by atoms with Crippen molar-refractivity contribution in [1.82, 2.24) is 15.0 Å². The molecule has 1 aromatic heterocycles. The van der Waals surface area contributed by atoms with Crippen molar-refractivity contribution >= 4 is 5.71 Å². The van der Waals surface area contributed by atoms with Crippen LogP contribution in [0.1, 0.15) is 18.2 Å². The SMILES string of the molecule is COC1NN=C(C(C)(F)F)C=C1Cn1cnc(C(F)(F)F)c(Oc2cccc(C#N)c2F)c1=O. The maximum Gasteiger partial charge on any atom is 0.437 e. The van der Waals surface area contributed by atoms with E-state index in [1.54, 1.807) is 0 Å². The number of nitrogens with one attached hydrogen (secondary N) is 1. The minimum absolute atomic E-state index is 0.0151. The van der Waals surface area contributed by atoms with Gasteiger partial charge in [0.25, 0.3) is 11.5 Å². The highest BCUT2D eigenvalue weighted by Gasteiger charge is 2.39. The first kappa shape index (κ1) is 24.8. The molecule has 0 saturated heterocycles. The molecule has 0 bridgehead atoms. The summed E-state index contributed by atoms with van der Waals surface area (Å²) in [5.74, 6) is -6.82. The number of nitrogens with zero attached hydrogens (tertiary/aromatic N) is 4. The molecule has 1 aliphatic heterocycles. The predicted octanol–water partition coefficient (Wildman–Crippen LogP) is 3.58. The van der Waals surface area contributed by atoms with Crippen LogP contribution in [0.3, 0.4) is 0 Å². The van der Waals surface area contributed by atoms with Crippen LogP contribution in [0.15, 0.2) is 46.1 Å². The summed E-state index contributed by atoms with van der Waals surface area (Å²) in [6.07, 6.45) is -4.75. The molecular formula is C20H15F6N5O3. The average Bonchev–Trinajstić information content (AvgIpc) is 2.76. The van der Waals surface area contributed by atoms with Gasteiger partial charge in [-0.1, -0.05) is 6.07 Å². The molecular weight excluding hydrogens is 472 g/mol. The Morgan fingerprint density at radius 3 is 2.56 bits per heavy atom. The fourth-order valence-corrected chi connectivity index (χ4v) is 2.91. The van der Waals surface area contributed by atoms with Crippen molar-refractivity contribution in [3.05, 3.63) is 63.6 Å². The predicted molar refractivity (Wildman–Crippen MR) is 105 cm³/mol. The lowest BCUT2D eigenvalue weighted by molar-refractivity contribution is -0.142. The number of benzene rings is 1. The third-order valence-electron chi connectivity index (χ3n) is 4.56. The molecule has 14 heteroatoms. The van der Waals surface area contributed by atoms with E-state index < -0.39 is 64.7 Å². The van der Waals surface area contributed by atoms with Gasteiger partial charge in [0.1, 0.15) is 11.8 Å². The minimum atomic E-state index is -5.15. The number of hydrogen-bond acceptors (Lipinski definition) is 7. The number of hydrazone groups is 1. The zero-order valence-corrected chi connectivity index (χ0v) is 17.5. The molecule has 2 heterocycles. The number of methoxy groups -OCH3 is 1. The normalized spacial score (nSPS) is 16.3. The lowest BCUT2D eigenvalue weighted by Gasteiger charge is -2.25.